The minimum Gasteiger partial charge on any atom is -0.394 e. The zero-order valence-electron chi connectivity index (χ0n) is 14.0. The van der Waals surface area contributed by atoms with Gasteiger partial charge in [0.2, 0.25) is 5.91 Å². The Hall–Kier alpha value is -2.58. The van der Waals surface area contributed by atoms with Crippen molar-refractivity contribution in [3.8, 4) is 11.5 Å². The number of amides is 1. The highest BCUT2D eigenvalue weighted by Gasteiger charge is 2.24. The molecule has 1 aliphatic rings. The van der Waals surface area contributed by atoms with Crippen LogP contribution < -0.4 is 5.32 Å². The number of anilines is 1. The van der Waals surface area contributed by atoms with Crippen LogP contribution in [0.2, 0.25) is 0 Å². The molecule has 8 heteroatoms. The van der Waals surface area contributed by atoms with Gasteiger partial charge in [0.1, 0.15) is 11.5 Å². The second kappa shape index (κ2) is 7.54. The molecule has 1 atom stereocenters. The maximum atomic E-state index is 11.7. The fourth-order valence-electron chi connectivity index (χ4n) is 2.73. The van der Waals surface area contributed by atoms with Gasteiger partial charge in [0.25, 0.3) is 0 Å². The summed E-state index contributed by atoms with van der Waals surface area (Å²) in [5.74, 6) is 1.08. The van der Waals surface area contributed by atoms with Crippen LogP contribution in [0, 0.1) is 0 Å². The number of aromatic nitrogens is 3. The van der Waals surface area contributed by atoms with Gasteiger partial charge in [-0.1, -0.05) is 6.07 Å². The lowest BCUT2D eigenvalue weighted by Gasteiger charge is -2.28. The van der Waals surface area contributed by atoms with Crippen LogP contribution in [0.1, 0.15) is 18.2 Å². The Kier molecular flexibility index (Phi) is 5.20. The largest absolute Gasteiger partial charge is 0.394 e. The van der Waals surface area contributed by atoms with Crippen molar-refractivity contribution >= 4 is 11.7 Å². The molecule has 0 unspecified atom stereocenters. The van der Waals surface area contributed by atoms with E-state index in [9.17, 15) is 9.90 Å². The Morgan fingerprint density at radius 3 is 2.92 bits per heavy atom. The first-order chi connectivity index (χ1) is 12.1. The summed E-state index contributed by atoms with van der Waals surface area (Å²) < 4.78 is 0. The van der Waals surface area contributed by atoms with Crippen molar-refractivity contribution in [3.63, 3.8) is 0 Å². The highest BCUT2D eigenvalue weighted by atomic mass is 16.3. The number of aliphatic hydroxyl groups is 2. The quantitative estimate of drug-likeness (QED) is 0.711. The first kappa shape index (κ1) is 17.2. The number of pyridine rings is 1. The number of hydrogen-bond donors (Lipinski definition) is 3. The monoisotopic (exact) mass is 343 g/mol. The van der Waals surface area contributed by atoms with Gasteiger partial charge in [0.15, 0.2) is 5.82 Å². The Balaban J connectivity index is 1.98. The maximum Gasteiger partial charge on any atom is 0.219 e. The summed E-state index contributed by atoms with van der Waals surface area (Å²) in [5.41, 5.74) is 2.34. The van der Waals surface area contributed by atoms with Crippen LogP contribution in [-0.2, 0) is 17.8 Å². The summed E-state index contributed by atoms with van der Waals surface area (Å²) in [6.07, 6.45) is 1.43. The Bertz CT molecular complexity index is 753. The molecule has 132 valence electrons. The van der Waals surface area contributed by atoms with Gasteiger partial charge >= 0.3 is 0 Å². The van der Waals surface area contributed by atoms with Crippen LogP contribution >= 0.6 is 0 Å². The van der Waals surface area contributed by atoms with Crippen molar-refractivity contribution in [1.29, 1.82) is 0 Å². The van der Waals surface area contributed by atoms with E-state index in [1.807, 2.05) is 18.2 Å². The van der Waals surface area contributed by atoms with Crippen LogP contribution in [0.15, 0.2) is 24.4 Å². The topological polar surface area (TPSA) is 111 Å². The normalized spacial score (nSPS) is 14.8. The molecule has 0 radical (unpaired) electrons. The molecule has 3 N–H and O–H groups in total. The van der Waals surface area contributed by atoms with E-state index in [1.54, 1.807) is 18.0 Å². The lowest BCUT2D eigenvalue weighted by Crippen LogP contribution is -2.36. The molecule has 1 amide bonds. The molecule has 0 aromatic carbocycles. The van der Waals surface area contributed by atoms with Crippen LogP contribution in [-0.4, -0.2) is 61.8 Å². The molecule has 8 nitrogen and oxygen atoms in total. The van der Waals surface area contributed by atoms with Crippen molar-refractivity contribution in [2.75, 3.05) is 25.0 Å². The van der Waals surface area contributed by atoms with E-state index in [-0.39, 0.29) is 19.1 Å². The third kappa shape index (κ3) is 3.92. The average Bonchev–Trinajstić information content (AvgIpc) is 2.65. The van der Waals surface area contributed by atoms with E-state index in [4.69, 9.17) is 5.11 Å². The number of carbonyl (C=O) groups is 1. The van der Waals surface area contributed by atoms with Crippen molar-refractivity contribution in [3.05, 3.63) is 35.7 Å². The van der Waals surface area contributed by atoms with E-state index in [1.165, 1.54) is 0 Å². The third-order valence-electron chi connectivity index (χ3n) is 4.12. The van der Waals surface area contributed by atoms with Crippen LogP contribution in [0.5, 0.6) is 0 Å². The van der Waals surface area contributed by atoms with Crippen LogP contribution in [0.4, 0.5) is 5.82 Å². The molecule has 3 rings (SSSR count). The van der Waals surface area contributed by atoms with E-state index < -0.39 is 6.10 Å². The van der Waals surface area contributed by atoms with Gasteiger partial charge in [-0.25, -0.2) is 9.97 Å². The SMILES string of the molecule is CC(=O)N1CCc2c(nc(-c3ccccn3)nc2NC[C@@H](O)CO)C1. The van der Waals surface area contributed by atoms with Crippen molar-refractivity contribution < 1.29 is 15.0 Å². The predicted molar refractivity (Wildman–Crippen MR) is 91.6 cm³/mol. The minimum absolute atomic E-state index is 0.00820. The summed E-state index contributed by atoms with van der Waals surface area (Å²) in [7, 11) is 0. The maximum absolute atomic E-state index is 11.7. The van der Waals surface area contributed by atoms with E-state index in [2.05, 4.69) is 20.3 Å². The number of carbonyl (C=O) groups excluding carboxylic acids is 1. The second-order valence-corrected chi connectivity index (χ2v) is 5.94. The summed E-state index contributed by atoms with van der Waals surface area (Å²) in [5, 5.41) is 21.7. The molecule has 0 spiro atoms. The fourth-order valence-corrected chi connectivity index (χ4v) is 2.73. The zero-order valence-corrected chi connectivity index (χ0v) is 14.0. The summed E-state index contributed by atoms with van der Waals surface area (Å²) >= 11 is 0. The van der Waals surface area contributed by atoms with Gasteiger partial charge < -0.3 is 20.4 Å². The Labute approximate surface area is 145 Å². The Morgan fingerprint density at radius 1 is 1.40 bits per heavy atom. The number of rotatable bonds is 5. The zero-order chi connectivity index (χ0) is 17.8. The molecule has 2 aromatic heterocycles. The second-order valence-electron chi connectivity index (χ2n) is 5.94. The molecule has 1 aliphatic heterocycles. The summed E-state index contributed by atoms with van der Waals surface area (Å²) in [6, 6.07) is 5.49. The molecular weight excluding hydrogens is 322 g/mol. The van der Waals surface area contributed by atoms with E-state index in [0.29, 0.717) is 36.8 Å². The summed E-state index contributed by atoms with van der Waals surface area (Å²) in [4.78, 5) is 26.9. The third-order valence-corrected chi connectivity index (χ3v) is 4.12. The fraction of sp³-hybridized carbons (Fsp3) is 0.412. The standard InChI is InChI=1S/C17H21N5O3/c1-11(24)22-7-5-13-15(9-22)20-17(14-4-2-3-6-18-14)21-16(13)19-8-12(25)10-23/h2-4,6,12,23,25H,5,7-10H2,1H3,(H,19,20,21)/t12-/m1/s1. The average molecular weight is 343 g/mol. The molecule has 0 aliphatic carbocycles. The number of hydrogen-bond acceptors (Lipinski definition) is 7. The summed E-state index contributed by atoms with van der Waals surface area (Å²) in [6.45, 7) is 2.42. The molecular formula is C17H21N5O3. The molecule has 3 heterocycles. The molecule has 0 saturated carbocycles. The van der Waals surface area contributed by atoms with Gasteiger partial charge in [0, 0.05) is 31.8 Å². The highest BCUT2D eigenvalue weighted by Crippen LogP contribution is 2.26. The first-order valence-corrected chi connectivity index (χ1v) is 8.18. The van der Waals surface area contributed by atoms with Crippen molar-refractivity contribution in [2.45, 2.75) is 26.0 Å². The number of nitrogens with zero attached hydrogens (tertiary/aromatic N) is 4. The van der Waals surface area contributed by atoms with Gasteiger partial charge in [-0.15, -0.1) is 0 Å². The molecule has 0 saturated heterocycles. The van der Waals surface area contributed by atoms with Crippen LogP contribution in [0.3, 0.4) is 0 Å². The number of nitrogens with one attached hydrogen (secondary N) is 1. The van der Waals surface area contributed by atoms with Gasteiger partial charge in [-0.3, -0.25) is 9.78 Å². The predicted octanol–water partition coefficient (Wildman–Crippen LogP) is 0.208. The number of fused-ring (bicyclic) bond motifs is 1. The molecule has 0 fully saturated rings. The highest BCUT2D eigenvalue weighted by molar-refractivity contribution is 5.74. The molecule has 0 bridgehead atoms. The smallest absolute Gasteiger partial charge is 0.219 e. The lowest BCUT2D eigenvalue weighted by atomic mass is 10.0. The van der Waals surface area contributed by atoms with Crippen molar-refractivity contribution in [2.24, 2.45) is 0 Å². The first-order valence-electron chi connectivity index (χ1n) is 8.18. The van der Waals surface area contributed by atoms with Crippen LogP contribution in [0.25, 0.3) is 11.5 Å². The number of aliphatic hydroxyl groups excluding tert-OH is 2. The minimum atomic E-state index is -0.874. The molecule has 2 aromatic rings. The van der Waals surface area contributed by atoms with E-state index in [0.717, 1.165) is 11.3 Å². The van der Waals surface area contributed by atoms with Gasteiger partial charge in [-0.05, 0) is 18.6 Å². The van der Waals surface area contributed by atoms with Crippen molar-refractivity contribution in [1.82, 2.24) is 19.9 Å². The van der Waals surface area contributed by atoms with E-state index >= 15 is 0 Å². The lowest BCUT2D eigenvalue weighted by molar-refractivity contribution is -0.129. The van der Waals surface area contributed by atoms with Gasteiger partial charge in [-0.2, -0.15) is 0 Å². The Morgan fingerprint density at radius 2 is 2.24 bits per heavy atom. The van der Waals surface area contributed by atoms with Gasteiger partial charge in [0.05, 0.1) is 24.9 Å². The molecule has 25 heavy (non-hydrogen) atoms.